The van der Waals surface area contributed by atoms with Crippen LogP contribution >= 0.6 is 35.0 Å². The first-order valence-corrected chi connectivity index (χ1v) is 9.00. The van der Waals surface area contributed by atoms with Crippen LogP contribution in [0.2, 0.25) is 10.0 Å². The van der Waals surface area contributed by atoms with Crippen molar-refractivity contribution in [1.29, 1.82) is 0 Å². The standard InChI is InChI=1S/C16H14Cl2N2O3S/c17-10-3-1-4-19-16(10)24-9-15(21)20-12-8-14-13(7-11(12)18)22-5-2-6-23-14/h1,3-4,7-8H,2,5-6,9H2,(H,20,21). The summed E-state index contributed by atoms with van der Waals surface area (Å²) in [5.74, 6) is 1.12. The molecule has 0 radical (unpaired) electrons. The summed E-state index contributed by atoms with van der Waals surface area (Å²) >= 11 is 13.5. The molecule has 1 aromatic heterocycles. The van der Waals surface area contributed by atoms with Crippen molar-refractivity contribution in [2.45, 2.75) is 11.4 Å². The zero-order valence-corrected chi connectivity index (χ0v) is 14.9. The normalized spacial score (nSPS) is 13.2. The number of ether oxygens (including phenoxy) is 2. The second kappa shape index (κ2) is 7.96. The summed E-state index contributed by atoms with van der Waals surface area (Å²) in [6.45, 7) is 1.15. The monoisotopic (exact) mass is 384 g/mol. The molecule has 0 spiro atoms. The molecule has 0 fully saturated rings. The first-order chi connectivity index (χ1) is 11.6. The molecule has 1 amide bonds. The van der Waals surface area contributed by atoms with Gasteiger partial charge < -0.3 is 14.8 Å². The summed E-state index contributed by atoms with van der Waals surface area (Å²) < 4.78 is 11.2. The third-order valence-electron chi connectivity index (χ3n) is 3.18. The van der Waals surface area contributed by atoms with Crippen LogP contribution in [0.1, 0.15) is 6.42 Å². The molecule has 8 heteroatoms. The van der Waals surface area contributed by atoms with Crippen LogP contribution < -0.4 is 14.8 Å². The number of amides is 1. The second-order valence-electron chi connectivity index (χ2n) is 4.96. The minimum absolute atomic E-state index is 0.168. The molecule has 1 aromatic carbocycles. The smallest absolute Gasteiger partial charge is 0.234 e. The molecule has 5 nitrogen and oxygen atoms in total. The Bertz CT molecular complexity index is 758. The number of hydrogen-bond donors (Lipinski definition) is 1. The van der Waals surface area contributed by atoms with E-state index in [1.54, 1.807) is 30.5 Å². The number of aromatic nitrogens is 1. The molecule has 1 N–H and O–H groups in total. The Balaban J connectivity index is 1.66. The zero-order valence-electron chi connectivity index (χ0n) is 12.6. The van der Waals surface area contributed by atoms with Gasteiger partial charge in [0.2, 0.25) is 5.91 Å². The van der Waals surface area contributed by atoms with Crippen LogP contribution in [0.4, 0.5) is 5.69 Å². The van der Waals surface area contributed by atoms with Crippen molar-refractivity contribution in [3.05, 3.63) is 40.5 Å². The zero-order chi connectivity index (χ0) is 16.9. The highest BCUT2D eigenvalue weighted by atomic mass is 35.5. The van der Waals surface area contributed by atoms with Gasteiger partial charge in [0.25, 0.3) is 0 Å². The van der Waals surface area contributed by atoms with Crippen LogP contribution in [0.3, 0.4) is 0 Å². The molecule has 126 valence electrons. The molecule has 3 rings (SSSR count). The van der Waals surface area contributed by atoms with Crippen LogP contribution in [0.15, 0.2) is 35.5 Å². The fourth-order valence-corrected chi connectivity index (χ4v) is 3.24. The number of anilines is 1. The number of benzene rings is 1. The molecule has 0 saturated carbocycles. The van der Waals surface area contributed by atoms with Gasteiger partial charge in [-0.05, 0) is 12.1 Å². The Hall–Kier alpha value is -1.63. The van der Waals surface area contributed by atoms with E-state index in [9.17, 15) is 4.79 Å². The molecular weight excluding hydrogens is 371 g/mol. The van der Waals surface area contributed by atoms with Crippen molar-refractivity contribution in [3.63, 3.8) is 0 Å². The van der Waals surface area contributed by atoms with E-state index in [0.29, 0.717) is 45.5 Å². The van der Waals surface area contributed by atoms with Crippen molar-refractivity contribution < 1.29 is 14.3 Å². The van der Waals surface area contributed by atoms with Crippen LogP contribution in [-0.4, -0.2) is 29.9 Å². The van der Waals surface area contributed by atoms with Gasteiger partial charge in [-0.25, -0.2) is 4.98 Å². The predicted molar refractivity (Wildman–Crippen MR) is 95.7 cm³/mol. The molecule has 24 heavy (non-hydrogen) atoms. The number of thioether (sulfide) groups is 1. The van der Waals surface area contributed by atoms with E-state index >= 15 is 0 Å². The lowest BCUT2D eigenvalue weighted by molar-refractivity contribution is -0.113. The van der Waals surface area contributed by atoms with Gasteiger partial charge in [-0.15, -0.1) is 0 Å². The van der Waals surface area contributed by atoms with E-state index < -0.39 is 0 Å². The molecular formula is C16H14Cl2N2O3S. The number of nitrogens with zero attached hydrogens (tertiary/aromatic N) is 1. The summed E-state index contributed by atoms with van der Waals surface area (Å²) in [6.07, 6.45) is 2.43. The van der Waals surface area contributed by atoms with E-state index in [1.807, 2.05) is 0 Å². The number of carbonyl (C=O) groups excluding carboxylic acids is 1. The topological polar surface area (TPSA) is 60.5 Å². The summed E-state index contributed by atoms with van der Waals surface area (Å²) in [4.78, 5) is 16.3. The lowest BCUT2D eigenvalue weighted by atomic mass is 10.2. The fraction of sp³-hybridized carbons (Fsp3) is 0.250. The van der Waals surface area contributed by atoms with Crippen LogP contribution in [0.25, 0.3) is 0 Å². The van der Waals surface area contributed by atoms with E-state index in [4.69, 9.17) is 32.7 Å². The highest BCUT2D eigenvalue weighted by molar-refractivity contribution is 8.00. The minimum atomic E-state index is -0.210. The van der Waals surface area contributed by atoms with Crippen molar-refractivity contribution in [2.75, 3.05) is 24.3 Å². The number of pyridine rings is 1. The Morgan fingerprint density at radius 2 is 1.96 bits per heavy atom. The Labute approximate surface area is 153 Å². The van der Waals surface area contributed by atoms with E-state index in [2.05, 4.69) is 10.3 Å². The minimum Gasteiger partial charge on any atom is -0.490 e. The van der Waals surface area contributed by atoms with Crippen LogP contribution in [-0.2, 0) is 4.79 Å². The molecule has 0 bridgehead atoms. The lowest BCUT2D eigenvalue weighted by Gasteiger charge is -2.12. The maximum Gasteiger partial charge on any atom is 0.234 e. The van der Waals surface area contributed by atoms with Gasteiger partial charge in [0.05, 0.1) is 34.7 Å². The average molecular weight is 385 g/mol. The number of hydrogen-bond acceptors (Lipinski definition) is 5. The highest BCUT2D eigenvalue weighted by Gasteiger charge is 2.16. The van der Waals surface area contributed by atoms with Gasteiger partial charge in [-0.2, -0.15) is 0 Å². The summed E-state index contributed by atoms with van der Waals surface area (Å²) in [7, 11) is 0. The SMILES string of the molecule is O=C(CSc1ncccc1Cl)Nc1cc2c(cc1Cl)OCCCO2. The van der Waals surface area contributed by atoms with Crippen LogP contribution in [0, 0.1) is 0 Å². The summed E-state index contributed by atoms with van der Waals surface area (Å²) in [6, 6.07) is 6.80. The van der Waals surface area contributed by atoms with Crippen molar-refractivity contribution >= 4 is 46.6 Å². The highest BCUT2D eigenvalue weighted by Crippen LogP contribution is 2.37. The maximum atomic E-state index is 12.2. The Morgan fingerprint density at radius 1 is 1.21 bits per heavy atom. The molecule has 0 saturated heterocycles. The number of nitrogens with one attached hydrogen (secondary N) is 1. The number of halogens is 2. The Kier molecular flexibility index (Phi) is 5.71. The fourth-order valence-electron chi connectivity index (χ4n) is 2.08. The first-order valence-electron chi connectivity index (χ1n) is 7.26. The number of rotatable bonds is 4. The Morgan fingerprint density at radius 3 is 2.71 bits per heavy atom. The average Bonchev–Trinajstić information content (AvgIpc) is 2.79. The largest absolute Gasteiger partial charge is 0.490 e. The third-order valence-corrected chi connectivity index (χ3v) is 4.91. The van der Waals surface area contributed by atoms with Gasteiger partial charge in [0.15, 0.2) is 11.5 Å². The van der Waals surface area contributed by atoms with E-state index in [-0.39, 0.29) is 11.7 Å². The number of carbonyl (C=O) groups is 1. The quantitative estimate of drug-likeness (QED) is 0.796. The van der Waals surface area contributed by atoms with Gasteiger partial charge >= 0.3 is 0 Å². The van der Waals surface area contributed by atoms with Crippen molar-refractivity contribution in [1.82, 2.24) is 4.98 Å². The summed E-state index contributed by atoms with van der Waals surface area (Å²) in [5.41, 5.74) is 0.485. The molecule has 1 aliphatic rings. The second-order valence-corrected chi connectivity index (χ2v) is 6.73. The third kappa shape index (κ3) is 4.26. The van der Waals surface area contributed by atoms with Crippen LogP contribution in [0.5, 0.6) is 11.5 Å². The van der Waals surface area contributed by atoms with Gasteiger partial charge in [0.1, 0.15) is 5.03 Å². The maximum absolute atomic E-state index is 12.2. The van der Waals surface area contributed by atoms with Gasteiger partial charge in [-0.3, -0.25) is 4.79 Å². The molecule has 1 aliphatic heterocycles. The number of fused-ring (bicyclic) bond motifs is 1. The molecule has 0 aliphatic carbocycles. The van der Waals surface area contributed by atoms with E-state index in [1.165, 1.54) is 11.8 Å². The van der Waals surface area contributed by atoms with Crippen molar-refractivity contribution in [2.24, 2.45) is 0 Å². The molecule has 0 atom stereocenters. The predicted octanol–water partition coefficient (Wildman–Crippen LogP) is 4.28. The lowest BCUT2D eigenvalue weighted by Crippen LogP contribution is -2.14. The molecule has 2 aromatic rings. The molecule has 0 unspecified atom stereocenters. The van der Waals surface area contributed by atoms with E-state index in [0.717, 1.165) is 6.42 Å². The first kappa shape index (κ1) is 17.2. The van der Waals surface area contributed by atoms with Crippen molar-refractivity contribution in [3.8, 4) is 11.5 Å². The van der Waals surface area contributed by atoms with Gasteiger partial charge in [0, 0.05) is 24.8 Å². The summed E-state index contributed by atoms with van der Waals surface area (Å²) in [5, 5.41) is 4.30. The van der Waals surface area contributed by atoms with Gasteiger partial charge in [-0.1, -0.05) is 35.0 Å². The molecule has 2 heterocycles.